The molecule has 2 aromatic rings. The van der Waals surface area contributed by atoms with E-state index in [4.69, 9.17) is 5.73 Å². The summed E-state index contributed by atoms with van der Waals surface area (Å²) in [5, 5.41) is 4.09. The number of rotatable bonds is 5. The fourth-order valence-electron chi connectivity index (χ4n) is 2.14. The lowest BCUT2D eigenvalue weighted by Gasteiger charge is -2.20. The Morgan fingerprint density at radius 3 is 2.65 bits per heavy atom. The molecule has 0 aliphatic rings. The van der Waals surface area contributed by atoms with E-state index in [1.54, 1.807) is 22.8 Å². The zero-order valence-electron chi connectivity index (χ0n) is 11.9. The van der Waals surface area contributed by atoms with Gasteiger partial charge in [0.1, 0.15) is 0 Å². The van der Waals surface area contributed by atoms with Gasteiger partial charge in [0.2, 0.25) is 5.91 Å². The monoisotopic (exact) mass is 272 g/mol. The molecule has 5 nitrogen and oxygen atoms in total. The zero-order chi connectivity index (χ0) is 14.5. The van der Waals surface area contributed by atoms with Crippen molar-refractivity contribution in [2.45, 2.75) is 19.0 Å². The maximum atomic E-state index is 12.2. The van der Waals surface area contributed by atoms with Crippen LogP contribution in [0.25, 0.3) is 0 Å². The number of hydrogen-bond donors (Lipinski definition) is 1. The van der Waals surface area contributed by atoms with Crippen LogP contribution in [0.2, 0.25) is 0 Å². The molecular weight excluding hydrogens is 252 g/mol. The molecule has 1 atom stereocenters. The third-order valence-electron chi connectivity index (χ3n) is 3.17. The van der Waals surface area contributed by atoms with Crippen molar-refractivity contribution >= 4 is 5.91 Å². The predicted octanol–water partition coefficient (Wildman–Crippen LogP) is 0.949. The molecule has 1 aromatic carbocycles. The second-order valence-corrected chi connectivity index (χ2v) is 5.01. The number of hydrogen-bond acceptors (Lipinski definition) is 3. The second-order valence-electron chi connectivity index (χ2n) is 5.01. The van der Waals surface area contributed by atoms with E-state index in [2.05, 4.69) is 5.10 Å². The molecule has 106 valence electrons. The summed E-state index contributed by atoms with van der Waals surface area (Å²) in [6.07, 6.45) is 4.20. The Kier molecular flexibility index (Phi) is 4.53. The van der Waals surface area contributed by atoms with Crippen molar-refractivity contribution in [2.75, 3.05) is 7.05 Å². The first-order valence-corrected chi connectivity index (χ1v) is 6.58. The van der Waals surface area contributed by atoms with Crippen molar-refractivity contribution in [1.82, 2.24) is 14.7 Å². The second kappa shape index (κ2) is 6.34. The number of amides is 1. The zero-order valence-corrected chi connectivity index (χ0v) is 11.9. The largest absolute Gasteiger partial charge is 0.340 e. The Balaban J connectivity index is 1.92. The van der Waals surface area contributed by atoms with Crippen LogP contribution in [0.3, 0.4) is 0 Å². The van der Waals surface area contributed by atoms with Gasteiger partial charge in [-0.25, -0.2) is 0 Å². The topological polar surface area (TPSA) is 64.2 Å². The molecule has 5 heteroatoms. The number of carbonyl (C=O) groups is 1. The molecule has 1 aromatic heterocycles. The van der Waals surface area contributed by atoms with Crippen LogP contribution in [-0.2, 0) is 24.8 Å². The molecular formula is C15H20N4O. The number of nitrogens with two attached hydrogens (primary N) is 1. The van der Waals surface area contributed by atoms with Crippen LogP contribution < -0.4 is 5.73 Å². The van der Waals surface area contributed by atoms with E-state index < -0.39 is 6.04 Å². The maximum absolute atomic E-state index is 12.2. The van der Waals surface area contributed by atoms with Gasteiger partial charge in [0.15, 0.2) is 0 Å². The maximum Gasteiger partial charge on any atom is 0.239 e. The number of carbonyl (C=O) groups excluding carboxylic acids is 1. The molecule has 20 heavy (non-hydrogen) atoms. The molecule has 2 rings (SSSR count). The summed E-state index contributed by atoms with van der Waals surface area (Å²) in [5.41, 5.74) is 8.06. The molecule has 0 fully saturated rings. The summed E-state index contributed by atoms with van der Waals surface area (Å²) < 4.78 is 1.72. The van der Waals surface area contributed by atoms with Crippen molar-refractivity contribution < 1.29 is 4.79 Å². The van der Waals surface area contributed by atoms with Gasteiger partial charge in [-0.05, 0) is 12.0 Å². The van der Waals surface area contributed by atoms with E-state index in [1.165, 1.54) is 0 Å². The van der Waals surface area contributed by atoms with Gasteiger partial charge in [-0.2, -0.15) is 5.10 Å². The molecule has 0 saturated heterocycles. The van der Waals surface area contributed by atoms with Gasteiger partial charge in [-0.1, -0.05) is 30.3 Å². The van der Waals surface area contributed by atoms with Crippen molar-refractivity contribution in [3.05, 3.63) is 53.9 Å². The van der Waals surface area contributed by atoms with Gasteiger partial charge < -0.3 is 10.6 Å². The third-order valence-corrected chi connectivity index (χ3v) is 3.17. The lowest BCUT2D eigenvalue weighted by atomic mass is 10.1. The highest BCUT2D eigenvalue weighted by Crippen LogP contribution is 2.06. The first kappa shape index (κ1) is 14.3. The molecule has 0 saturated carbocycles. The fraction of sp³-hybridized carbons (Fsp3) is 0.333. The minimum Gasteiger partial charge on any atom is -0.340 e. The van der Waals surface area contributed by atoms with Crippen LogP contribution in [0.4, 0.5) is 0 Å². The van der Waals surface area contributed by atoms with E-state index >= 15 is 0 Å². The summed E-state index contributed by atoms with van der Waals surface area (Å²) in [6.45, 7) is 0.523. The fourth-order valence-corrected chi connectivity index (χ4v) is 2.14. The summed E-state index contributed by atoms with van der Waals surface area (Å²) in [7, 11) is 3.62. The molecule has 0 bridgehead atoms. The standard InChI is InChI=1S/C15H20N4O/c1-18(10-13-9-17-19(2)11-13)15(20)14(16)8-12-6-4-3-5-7-12/h3-7,9,11,14H,8,10,16H2,1-2H3/t14-/m0/s1. The Morgan fingerprint density at radius 2 is 2.05 bits per heavy atom. The SMILES string of the molecule is CN(Cc1cnn(C)c1)C(=O)[C@@H](N)Cc1ccccc1. The molecule has 0 aliphatic carbocycles. The minimum absolute atomic E-state index is 0.0577. The summed E-state index contributed by atoms with van der Waals surface area (Å²) in [4.78, 5) is 13.9. The summed E-state index contributed by atoms with van der Waals surface area (Å²) >= 11 is 0. The average molecular weight is 272 g/mol. The Hall–Kier alpha value is -2.14. The first-order chi connectivity index (χ1) is 9.56. The lowest BCUT2D eigenvalue weighted by Crippen LogP contribution is -2.42. The van der Waals surface area contributed by atoms with Crippen LogP contribution in [0.15, 0.2) is 42.7 Å². The first-order valence-electron chi connectivity index (χ1n) is 6.58. The number of likely N-dealkylation sites (N-methyl/N-ethyl adjacent to an activating group) is 1. The van der Waals surface area contributed by atoms with E-state index in [1.807, 2.05) is 43.6 Å². The summed E-state index contributed by atoms with van der Waals surface area (Å²) in [6, 6.07) is 9.30. The van der Waals surface area contributed by atoms with Crippen molar-refractivity contribution in [3.63, 3.8) is 0 Å². The van der Waals surface area contributed by atoms with Crippen LogP contribution in [0.5, 0.6) is 0 Å². The van der Waals surface area contributed by atoms with Crippen LogP contribution in [0.1, 0.15) is 11.1 Å². The highest BCUT2D eigenvalue weighted by molar-refractivity contribution is 5.81. The molecule has 0 aliphatic heterocycles. The van der Waals surface area contributed by atoms with Crippen molar-refractivity contribution in [2.24, 2.45) is 12.8 Å². The number of benzene rings is 1. The lowest BCUT2D eigenvalue weighted by molar-refractivity contribution is -0.131. The molecule has 0 spiro atoms. The molecule has 1 heterocycles. The van der Waals surface area contributed by atoms with E-state index in [-0.39, 0.29) is 5.91 Å². The van der Waals surface area contributed by atoms with Gasteiger partial charge in [0.25, 0.3) is 0 Å². The van der Waals surface area contributed by atoms with Gasteiger partial charge in [-0.15, -0.1) is 0 Å². The number of nitrogens with zero attached hydrogens (tertiary/aromatic N) is 3. The Morgan fingerprint density at radius 1 is 1.35 bits per heavy atom. The van der Waals surface area contributed by atoms with Crippen LogP contribution in [0, 0.1) is 0 Å². The third kappa shape index (κ3) is 3.68. The smallest absolute Gasteiger partial charge is 0.239 e. The quantitative estimate of drug-likeness (QED) is 0.881. The van der Waals surface area contributed by atoms with Gasteiger partial charge in [0.05, 0.1) is 12.2 Å². The Labute approximate surface area is 119 Å². The minimum atomic E-state index is -0.515. The predicted molar refractivity (Wildman–Crippen MR) is 77.8 cm³/mol. The van der Waals surface area contributed by atoms with Gasteiger partial charge in [0, 0.05) is 32.4 Å². The van der Waals surface area contributed by atoms with Gasteiger partial charge in [-0.3, -0.25) is 9.48 Å². The number of aryl methyl sites for hydroxylation is 1. The molecule has 2 N–H and O–H groups in total. The average Bonchev–Trinajstić information content (AvgIpc) is 2.84. The van der Waals surface area contributed by atoms with E-state index in [0.29, 0.717) is 13.0 Å². The van der Waals surface area contributed by atoms with Crippen molar-refractivity contribution in [3.8, 4) is 0 Å². The molecule has 1 amide bonds. The molecule has 0 radical (unpaired) electrons. The van der Waals surface area contributed by atoms with E-state index in [0.717, 1.165) is 11.1 Å². The van der Waals surface area contributed by atoms with Crippen LogP contribution >= 0.6 is 0 Å². The summed E-state index contributed by atoms with van der Waals surface area (Å²) in [5.74, 6) is -0.0577. The van der Waals surface area contributed by atoms with E-state index in [9.17, 15) is 4.79 Å². The molecule has 0 unspecified atom stereocenters. The van der Waals surface area contributed by atoms with Crippen molar-refractivity contribution in [1.29, 1.82) is 0 Å². The Bertz CT molecular complexity index is 564. The highest BCUT2D eigenvalue weighted by Gasteiger charge is 2.18. The number of aromatic nitrogens is 2. The van der Waals surface area contributed by atoms with Crippen LogP contribution in [-0.4, -0.2) is 33.7 Å². The van der Waals surface area contributed by atoms with Gasteiger partial charge >= 0.3 is 0 Å². The normalized spacial score (nSPS) is 12.2. The highest BCUT2D eigenvalue weighted by atomic mass is 16.2.